The molecule has 3 aromatic rings. The summed E-state index contributed by atoms with van der Waals surface area (Å²) in [4.78, 5) is 25.0. The Morgan fingerprint density at radius 3 is 2.30 bits per heavy atom. The molecule has 4 rings (SSSR count). The molecule has 1 amide bonds. The number of carbonyl (C=O) groups excluding carboxylic acids is 1. The molecular formula is C28H33FN4O6S. The number of ether oxygens (including phenoxy) is 1. The lowest BCUT2D eigenvalue weighted by Crippen LogP contribution is -2.50. The van der Waals surface area contributed by atoms with Crippen molar-refractivity contribution in [3.63, 3.8) is 0 Å². The molecule has 0 saturated carbocycles. The van der Waals surface area contributed by atoms with E-state index >= 15 is 0 Å². The molecule has 214 valence electrons. The summed E-state index contributed by atoms with van der Waals surface area (Å²) in [7, 11) is -4.13. The number of carboxylic acid groups (broad SMARTS) is 1. The van der Waals surface area contributed by atoms with Gasteiger partial charge in [0.2, 0.25) is 10.0 Å². The van der Waals surface area contributed by atoms with Crippen LogP contribution in [0.3, 0.4) is 0 Å². The number of piperazine rings is 1. The van der Waals surface area contributed by atoms with Gasteiger partial charge in [0, 0.05) is 43.0 Å². The molecule has 0 bridgehead atoms. The van der Waals surface area contributed by atoms with Crippen molar-refractivity contribution in [2.24, 2.45) is 0 Å². The SMILES string of the molecule is Cc1c(CC(=O)OC(C)(C)C)c(-c2ccccc2)nn1Cc1ccc(F)cc1S(=O)(=O)N1CCN(C(=O)O)CC1. The highest BCUT2D eigenvalue weighted by Gasteiger charge is 2.32. The van der Waals surface area contributed by atoms with Gasteiger partial charge in [-0.1, -0.05) is 36.4 Å². The fourth-order valence-corrected chi connectivity index (χ4v) is 6.27. The van der Waals surface area contributed by atoms with Gasteiger partial charge in [-0.25, -0.2) is 17.6 Å². The van der Waals surface area contributed by atoms with Gasteiger partial charge < -0.3 is 14.7 Å². The summed E-state index contributed by atoms with van der Waals surface area (Å²) >= 11 is 0. The highest BCUT2D eigenvalue weighted by molar-refractivity contribution is 7.89. The molecule has 1 aliphatic heterocycles. The van der Waals surface area contributed by atoms with Crippen LogP contribution in [0.15, 0.2) is 53.4 Å². The van der Waals surface area contributed by atoms with E-state index < -0.39 is 33.5 Å². The first-order chi connectivity index (χ1) is 18.8. The van der Waals surface area contributed by atoms with Crippen LogP contribution in [-0.4, -0.2) is 76.4 Å². The largest absolute Gasteiger partial charge is 0.465 e. The lowest BCUT2D eigenvalue weighted by molar-refractivity contribution is -0.153. The van der Waals surface area contributed by atoms with Gasteiger partial charge in [-0.3, -0.25) is 9.48 Å². The Bertz CT molecular complexity index is 1510. The number of halogens is 1. The van der Waals surface area contributed by atoms with Gasteiger partial charge in [0.05, 0.1) is 23.6 Å². The third-order valence-corrected chi connectivity index (χ3v) is 8.58. The van der Waals surface area contributed by atoms with Crippen LogP contribution in [0.4, 0.5) is 9.18 Å². The summed E-state index contributed by atoms with van der Waals surface area (Å²) in [5, 5.41) is 13.9. The maximum atomic E-state index is 14.4. The van der Waals surface area contributed by atoms with Crippen molar-refractivity contribution >= 4 is 22.1 Å². The van der Waals surface area contributed by atoms with Crippen LogP contribution >= 0.6 is 0 Å². The number of nitrogens with zero attached hydrogens (tertiary/aromatic N) is 4. The second-order valence-corrected chi connectivity index (χ2v) is 12.5. The first kappa shape index (κ1) is 29.2. The van der Waals surface area contributed by atoms with Crippen LogP contribution in [0, 0.1) is 12.7 Å². The average molecular weight is 573 g/mol. The standard InChI is InChI=1S/C28H33FN4O6S/c1-19-23(17-25(34)39-28(2,3)4)26(20-8-6-5-7-9-20)30-33(19)18-21-10-11-22(29)16-24(21)40(37,38)32-14-12-31(13-15-32)27(35)36/h5-11,16H,12-15,17-18H2,1-4H3,(H,35,36). The Morgan fingerprint density at radius 1 is 1.05 bits per heavy atom. The Kier molecular flexibility index (Phi) is 8.31. The molecule has 12 heteroatoms. The van der Waals surface area contributed by atoms with Crippen molar-refractivity contribution < 1.29 is 32.2 Å². The van der Waals surface area contributed by atoms with E-state index in [1.54, 1.807) is 32.4 Å². The summed E-state index contributed by atoms with van der Waals surface area (Å²) < 4.78 is 49.8. The number of hydrogen-bond acceptors (Lipinski definition) is 6. The molecule has 0 atom stereocenters. The number of rotatable bonds is 7. The zero-order chi connectivity index (χ0) is 29.2. The molecule has 10 nitrogen and oxygen atoms in total. The monoisotopic (exact) mass is 572 g/mol. The zero-order valence-corrected chi connectivity index (χ0v) is 23.7. The molecule has 1 aliphatic rings. The van der Waals surface area contributed by atoms with Gasteiger partial charge in [-0.2, -0.15) is 9.40 Å². The highest BCUT2D eigenvalue weighted by atomic mass is 32.2. The van der Waals surface area contributed by atoms with Gasteiger partial charge in [0.1, 0.15) is 11.4 Å². The molecule has 0 spiro atoms. The van der Waals surface area contributed by atoms with Gasteiger partial charge in [-0.15, -0.1) is 0 Å². The Labute approximate surface area is 233 Å². The van der Waals surface area contributed by atoms with Crippen LogP contribution in [-0.2, 0) is 32.5 Å². The van der Waals surface area contributed by atoms with Gasteiger partial charge in [0.15, 0.2) is 0 Å². The van der Waals surface area contributed by atoms with E-state index in [2.05, 4.69) is 0 Å². The third-order valence-electron chi connectivity index (χ3n) is 6.60. The molecule has 0 unspecified atom stereocenters. The molecule has 1 N–H and O–H groups in total. The minimum atomic E-state index is -4.13. The average Bonchev–Trinajstić information content (AvgIpc) is 3.19. The van der Waals surface area contributed by atoms with Crippen molar-refractivity contribution in [2.75, 3.05) is 26.2 Å². The van der Waals surface area contributed by atoms with E-state index in [4.69, 9.17) is 9.84 Å². The maximum Gasteiger partial charge on any atom is 0.407 e. The molecule has 2 heterocycles. The van der Waals surface area contributed by atoms with Gasteiger partial charge in [0.25, 0.3) is 0 Å². The fourth-order valence-electron chi connectivity index (χ4n) is 4.62. The third kappa shape index (κ3) is 6.50. The molecule has 1 fully saturated rings. The van der Waals surface area contributed by atoms with Crippen molar-refractivity contribution in [3.05, 3.63) is 71.2 Å². The lowest BCUT2D eigenvalue weighted by atomic mass is 10.0. The molecular weight excluding hydrogens is 539 g/mol. The van der Waals surface area contributed by atoms with E-state index in [1.807, 2.05) is 30.3 Å². The second-order valence-electron chi connectivity index (χ2n) is 10.6. The number of carbonyl (C=O) groups is 2. The Hall–Kier alpha value is -3.77. The summed E-state index contributed by atoms with van der Waals surface area (Å²) in [5.74, 6) is -1.13. The number of sulfonamides is 1. The Morgan fingerprint density at radius 2 is 1.70 bits per heavy atom. The topological polar surface area (TPSA) is 122 Å². The maximum absolute atomic E-state index is 14.4. The summed E-state index contributed by atoms with van der Waals surface area (Å²) in [5.41, 5.74) is 2.30. The van der Waals surface area contributed by atoms with Crippen LogP contribution < -0.4 is 0 Å². The molecule has 2 aromatic carbocycles. The normalized spacial score (nSPS) is 14.8. The predicted octanol–water partition coefficient (Wildman–Crippen LogP) is 3.91. The van der Waals surface area contributed by atoms with Crippen molar-refractivity contribution in [3.8, 4) is 11.3 Å². The summed E-state index contributed by atoms with van der Waals surface area (Å²) in [6.45, 7) is 7.13. The fraction of sp³-hybridized carbons (Fsp3) is 0.393. The van der Waals surface area contributed by atoms with Crippen molar-refractivity contribution in [1.29, 1.82) is 0 Å². The second kappa shape index (κ2) is 11.4. The van der Waals surface area contributed by atoms with Crippen LogP contribution in [0.1, 0.15) is 37.6 Å². The minimum absolute atomic E-state index is 0.00389. The van der Waals surface area contributed by atoms with Gasteiger partial charge in [-0.05, 0) is 45.4 Å². The smallest absolute Gasteiger partial charge is 0.407 e. The van der Waals surface area contributed by atoms with E-state index in [-0.39, 0.29) is 44.0 Å². The molecule has 1 saturated heterocycles. The van der Waals surface area contributed by atoms with Crippen molar-refractivity contribution in [1.82, 2.24) is 19.0 Å². The summed E-state index contributed by atoms with van der Waals surface area (Å²) in [6.07, 6.45) is -1.15. The van der Waals surface area contributed by atoms with Crippen LogP contribution in [0.25, 0.3) is 11.3 Å². The molecule has 0 radical (unpaired) electrons. The molecule has 1 aromatic heterocycles. The number of amides is 1. The van der Waals surface area contributed by atoms with Gasteiger partial charge >= 0.3 is 12.1 Å². The molecule has 40 heavy (non-hydrogen) atoms. The number of benzene rings is 2. The first-order valence-corrected chi connectivity index (χ1v) is 14.3. The first-order valence-electron chi connectivity index (χ1n) is 12.9. The Balaban J connectivity index is 1.71. The summed E-state index contributed by atoms with van der Waals surface area (Å²) in [6, 6.07) is 12.9. The number of hydrogen-bond donors (Lipinski definition) is 1. The van der Waals surface area contributed by atoms with Crippen molar-refractivity contribution in [2.45, 2.75) is 51.2 Å². The zero-order valence-electron chi connectivity index (χ0n) is 22.9. The van der Waals surface area contributed by atoms with Crippen LogP contribution in [0.2, 0.25) is 0 Å². The predicted molar refractivity (Wildman–Crippen MR) is 146 cm³/mol. The molecule has 0 aliphatic carbocycles. The highest BCUT2D eigenvalue weighted by Crippen LogP contribution is 2.29. The number of aromatic nitrogens is 2. The quantitative estimate of drug-likeness (QED) is 0.426. The number of esters is 1. The van der Waals surface area contributed by atoms with Crippen LogP contribution in [0.5, 0.6) is 0 Å². The van der Waals surface area contributed by atoms with E-state index in [9.17, 15) is 27.5 Å². The van der Waals surface area contributed by atoms with E-state index in [0.717, 1.165) is 16.5 Å². The van der Waals surface area contributed by atoms with E-state index in [1.165, 1.54) is 16.4 Å². The lowest BCUT2D eigenvalue weighted by Gasteiger charge is -2.32. The van der Waals surface area contributed by atoms with E-state index in [0.29, 0.717) is 22.5 Å². The minimum Gasteiger partial charge on any atom is -0.465 e.